The van der Waals surface area contributed by atoms with Gasteiger partial charge in [-0.1, -0.05) is 11.6 Å². The van der Waals surface area contributed by atoms with Gasteiger partial charge in [0, 0.05) is 18.2 Å². The van der Waals surface area contributed by atoms with E-state index in [1.54, 1.807) is 6.20 Å². The molecule has 0 bridgehead atoms. The van der Waals surface area contributed by atoms with Gasteiger partial charge in [0.15, 0.2) is 0 Å². The Kier molecular flexibility index (Phi) is 2.45. The zero-order chi connectivity index (χ0) is 12.5. The number of nitriles is 1. The second-order valence-electron chi connectivity index (χ2n) is 4.38. The summed E-state index contributed by atoms with van der Waals surface area (Å²) in [5, 5.41) is 9.67. The molecule has 0 aliphatic heterocycles. The van der Waals surface area contributed by atoms with Crippen molar-refractivity contribution in [3.63, 3.8) is 0 Å². The summed E-state index contributed by atoms with van der Waals surface area (Å²) in [5.74, 6) is 0.849. The summed E-state index contributed by atoms with van der Waals surface area (Å²) in [7, 11) is 0. The molecule has 0 atom stereocenters. The number of H-pyrrole nitrogens is 1. The summed E-state index contributed by atoms with van der Waals surface area (Å²) in [4.78, 5) is 12.2. The molecule has 4 nitrogen and oxygen atoms in total. The third-order valence-corrected chi connectivity index (χ3v) is 2.99. The van der Waals surface area contributed by atoms with Gasteiger partial charge in [0.25, 0.3) is 0 Å². The van der Waals surface area contributed by atoms with Crippen LogP contribution in [0.5, 0.6) is 0 Å². The van der Waals surface area contributed by atoms with Crippen LogP contribution < -0.4 is 0 Å². The lowest BCUT2D eigenvalue weighted by molar-refractivity contribution is 0.924. The summed E-state index contributed by atoms with van der Waals surface area (Å²) in [6.45, 7) is 2.06. The molecule has 0 amide bonds. The highest BCUT2D eigenvalue weighted by atomic mass is 14.9. The number of nitrogens with zero attached hydrogens (tertiary/aromatic N) is 3. The van der Waals surface area contributed by atoms with E-state index in [1.165, 1.54) is 5.56 Å². The summed E-state index contributed by atoms with van der Waals surface area (Å²) in [6, 6.07) is 8.28. The standard InChI is InChI=1S/C14H12N4/c1-9-4-5-11-10(7-9)14-12(8-16-11)17-13(18-14)3-2-6-15/h4-5,7-8H,2-3H2,1H3,(H,17,18). The van der Waals surface area contributed by atoms with Gasteiger partial charge in [-0.15, -0.1) is 0 Å². The van der Waals surface area contributed by atoms with E-state index in [-0.39, 0.29) is 0 Å². The summed E-state index contributed by atoms with van der Waals surface area (Å²) >= 11 is 0. The molecule has 0 unspecified atom stereocenters. The number of rotatable bonds is 2. The fraction of sp³-hybridized carbons (Fsp3) is 0.214. The Balaban J connectivity index is 2.23. The SMILES string of the molecule is Cc1ccc2ncc3[nH]c(CCC#N)nc3c2c1. The molecular weight excluding hydrogens is 224 g/mol. The molecule has 0 aliphatic carbocycles. The quantitative estimate of drug-likeness (QED) is 0.744. The van der Waals surface area contributed by atoms with Crippen molar-refractivity contribution in [2.75, 3.05) is 0 Å². The Labute approximate surface area is 104 Å². The average molecular weight is 236 g/mol. The number of aryl methyl sites for hydroxylation is 2. The third kappa shape index (κ3) is 1.70. The van der Waals surface area contributed by atoms with Gasteiger partial charge in [-0.25, -0.2) is 4.98 Å². The molecule has 2 aromatic heterocycles. The molecule has 0 aliphatic rings. The van der Waals surface area contributed by atoms with Crippen LogP contribution in [0.2, 0.25) is 0 Å². The lowest BCUT2D eigenvalue weighted by atomic mass is 10.1. The Bertz CT molecular complexity index is 764. The number of pyridine rings is 1. The first-order valence-electron chi connectivity index (χ1n) is 5.89. The number of hydrogen-bond acceptors (Lipinski definition) is 3. The number of fused-ring (bicyclic) bond motifs is 3. The number of benzene rings is 1. The highest BCUT2D eigenvalue weighted by Crippen LogP contribution is 2.22. The zero-order valence-electron chi connectivity index (χ0n) is 10.1. The Morgan fingerprint density at radius 3 is 3.11 bits per heavy atom. The second kappa shape index (κ2) is 4.11. The minimum absolute atomic E-state index is 0.476. The van der Waals surface area contributed by atoms with E-state index in [2.05, 4.69) is 34.0 Å². The summed E-state index contributed by atoms with van der Waals surface area (Å²) in [6.07, 6.45) is 2.93. The van der Waals surface area contributed by atoms with E-state index in [0.29, 0.717) is 12.8 Å². The van der Waals surface area contributed by atoms with Crippen LogP contribution in [0.15, 0.2) is 24.4 Å². The molecule has 0 spiro atoms. The molecule has 3 aromatic rings. The van der Waals surface area contributed by atoms with Gasteiger partial charge in [-0.3, -0.25) is 4.98 Å². The highest BCUT2D eigenvalue weighted by Gasteiger charge is 2.07. The maximum absolute atomic E-state index is 8.61. The van der Waals surface area contributed by atoms with Crippen molar-refractivity contribution in [3.05, 3.63) is 35.8 Å². The van der Waals surface area contributed by atoms with Crippen molar-refractivity contribution < 1.29 is 0 Å². The maximum Gasteiger partial charge on any atom is 0.108 e. The van der Waals surface area contributed by atoms with Crippen molar-refractivity contribution >= 4 is 21.9 Å². The first-order chi connectivity index (χ1) is 8.78. The van der Waals surface area contributed by atoms with Crippen LogP contribution in [0.3, 0.4) is 0 Å². The molecule has 0 saturated carbocycles. The van der Waals surface area contributed by atoms with Gasteiger partial charge < -0.3 is 4.98 Å². The van der Waals surface area contributed by atoms with Crippen LogP contribution in [0.4, 0.5) is 0 Å². The molecule has 4 heteroatoms. The Hall–Kier alpha value is -2.41. The average Bonchev–Trinajstić information content (AvgIpc) is 2.79. The van der Waals surface area contributed by atoms with Crippen LogP contribution >= 0.6 is 0 Å². The first-order valence-corrected chi connectivity index (χ1v) is 5.89. The minimum atomic E-state index is 0.476. The van der Waals surface area contributed by atoms with Gasteiger partial charge in [-0.05, 0) is 19.1 Å². The van der Waals surface area contributed by atoms with Gasteiger partial charge in [0.2, 0.25) is 0 Å². The Morgan fingerprint density at radius 1 is 1.39 bits per heavy atom. The summed E-state index contributed by atoms with van der Waals surface area (Å²) < 4.78 is 0. The number of imidazole rings is 1. The van der Waals surface area contributed by atoms with Crippen molar-refractivity contribution in [2.24, 2.45) is 0 Å². The molecule has 88 valence electrons. The van der Waals surface area contributed by atoms with E-state index >= 15 is 0 Å². The van der Waals surface area contributed by atoms with E-state index in [1.807, 2.05) is 12.1 Å². The monoisotopic (exact) mass is 236 g/mol. The molecule has 18 heavy (non-hydrogen) atoms. The molecular formula is C14H12N4. The topological polar surface area (TPSA) is 65.4 Å². The first kappa shape index (κ1) is 10.7. The normalized spacial score (nSPS) is 10.9. The molecule has 1 aromatic carbocycles. The molecule has 0 saturated heterocycles. The molecule has 1 N–H and O–H groups in total. The van der Waals surface area contributed by atoms with E-state index < -0.39 is 0 Å². The van der Waals surface area contributed by atoms with Gasteiger partial charge in [0.1, 0.15) is 5.82 Å². The summed E-state index contributed by atoms with van der Waals surface area (Å²) in [5.41, 5.74) is 4.02. The number of aromatic nitrogens is 3. The smallest absolute Gasteiger partial charge is 0.108 e. The van der Waals surface area contributed by atoms with Crippen molar-refractivity contribution in [1.82, 2.24) is 15.0 Å². The molecule has 0 fully saturated rings. The molecule has 3 rings (SSSR count). The van der Waals surface area contributed by atoms with Gasteiger partial charge in [0.05, 0.1) is 28.8 Å². The number of aromatic amines is 1. The Morgan fingerprint density at radius 2 is 2.28 bits per heavy atom. The lowest BCUT2D eigenvalue weighted by Crippen LogP contribution is -1.85. The van der Waals surface area contributed by atoms with Crippen LogP contribution in [-0.4, -0.2) is 15.0 Å². The maximum atomic E-state index is 8.61. The zero-order valence-corrected chi connectivity index (χ0v) is 10.1. The van der Waals surface area contributed by atoms with Crippen molar-refractivity contribution in [1.29, 1.82) is 5.26 Å². The largest absolute Gasteiger partial charge is 0.341 e. The van der Waals surface area contributed by atoms with Crippen molar-refractivity contribution in [2.45, 2.75) is 19.8 Å². The predicted molar refractivity (Wildman–Crippen MR) is 70.1 cm³/mol. The van der Waals surface area contributed by atoms with Gasteiger partial charge >= 0.3 is 0 Å². The van der Waals surface area contributed by atoms with Crippen LogP contribution in [0.25, 0.3) is 21.9 Å². The third-order valence-electron chi connectivity index (χ3n) is 2.99. The van der Waals surface area contributed by atoms with E-state index in [9.17, 15) is 0 Å². The highest BCUT2D eigenvalue weighted by molar-refractivity contribution is 6.01. The minimum Gasteiger partial charge on any atom is -0.341 e. The van der Waals surface area contributed by atoms with Crippen molar-refractivity contribution in [3.8, 4) is 6.07 Å². The fourth-order valence-corrected chi connectivity index (χ4v) is 2.12. The molecule has 0 radical (unpaired) electrons. The fourth-order valence-electron chi connectivity index (χ4n) is 2.12. The lowest BCUT2D eigenvalue weighted by Gasteiger charge is -1.98. The van der Waals surface area contributed by atoms with E-state index in [0.717, 1.165) is 27.8 Å². The van der Waals surface area contributed by atoms with Gasteiger partial charge in [-0.2, -0.15) is 5.26 Å². The van der Waals surface area contributed by atoms with Crippen LogP contribution in [0, 0.1) is 18.3 Å². The predicted octanol–water partition coefficient (Wildman–Crippen LogP) is 2.88. The second-order valence-corrected chi connectivity index (χ2v) is 4.38. The van der Waals surface area contributed by atoms with E-state index in [4.69, 9.17) is 5.26 Å². The molecule has 2 heterocycles. The number of hydrogen-bond donors (Lipinski definition) is 1. The van der Waals surface area contributed by atoms with Crippen LogP contribution in [0.1, 0.15) is 17.8 Å². The number of nitrogens with one attached hydrogen (secondary N) is 1. The van der Waals surface area contributed by atoms with Crippen LogP contribution in [-0.2, 0) is 6.42 Å².